The first-order valence-corrected chi connectivity index (χ1v) is 9.90. The highest BCUT2D eigenvalue weighted by Crippen LogP contribution is 2.42. The molecule has 0 fully saturated rings. The molecular weight excluding hydrogens is 363 g/mol. The molecule has 3 N–H and O–H groups in total. The number of carbonyl (C=O) groups is 1. The third kappa shape index (κ3) is 4.65. The van der Waals surface area contributed by atoms with Crippen LogP contribution in [0.15, 0.2) is 11.6 Å². The van der Waals surface area contributed by atoms with E-state index in [4.69, 9.17) is 24.0 Å². The SMILES string of the molecule is CCOc1c(C)c2c(c(O)c1CC=C(C)COCP(=O)(O)O)C(=O)OC2. The Balaban J connectivity index is 2.27. The summed E-state index contributed by atoms with van der Waals surface area (Å²) < 4.78 is 26.5. The maximum atomic E-state index is 11.9. The van der Waals surface area contributed by atoms with E-state index in [-0.39, 0.29) is 30.9 Å². The van der Waals surface area contributed by atoms with Crippen molar-refractivity contribution in [2.75, 3.05) is 19.6 Å². The Morgan fingerprint density at radius 2 is 2.08 bits per heavy atom. The summed E-state index contributed by atoms with van der Waals surface area (Å²) in [4.78, 5) is 29.5. The summed E-state index contributed by atoms with van der Waals surface area (Å²) in [7, 11) is -4.21. The Bertz CT molecular complexity index is 778. The average molecular weight is 386 g/mol. The highest BCUT2D eigenvalue weighted by molar-refractivity contribution is 7.51. The molecule has 144 valence electrons. The van der Waals surface area contributed by atoms with Gasteiger partial charge < -0.3 is 29.1 Å². The molecule has 0 radical (unpaired) electrons. The number of rotatable bonds is 8. The third-order valence-corrected chi connectivity index (χ3v) is 4.49. The predicted octanol–water partition coefficient (Wildman–Crippen LogP) is 2.41. The van der Waals surface area contributed by atoms with Crippen molar-refractivity contribution in [3.63, 3.8) is 0 Å². The van der Waals surface area contributed by atoms with Crippen molar-refractivity contribution in [2.45, 2.75) is 33.8 Å². The van der Waals surface area contributed by atoms with Gasteiger partial charge in [-0.2, -0.15) is 0 Å². The number of aromatic hydroxyl groups is 1. The molecule has 1 aliphatic heterocycles. The van der Waals surface area contributed by atoms with E-state index in [0.29, 0.717) is 23.5 Å². The van der Waals surface area contributed by atoms with Crippen molar-refractivity contribution >= 4 is 13.6 Å². The van der Waals surface area contributed by atoms with Gasteiger partial charge in [0.25, 0.3) is 0 Å². The van der Waals surface area contributed by atoms with E-state index in [2.05, 4.69) is 0 Å². The highest BCUT2D eigenvalue weighted by atomic mass is 31.2. The first-order chi connectivity index (χ1) is 12.2. The molecule has 0 spiro atoms. The minimum absolute atomic E-state index is 0.0435. The first kappa shape index (κ1) is 20.5. The van der Waals surface area contributed by atoms with Gasteiger partial charge in [0.1, 0.15) is 30.0 Å². The summed E-state index contributed by atoms with van der Waals surface area (Å²) in [6, 6.07) is 0. The fourth-order valence-corrected chi connectivity index (χ4v) is 3.08. The largest absolute Gasteiger partial charge is 0.507 e. The van der Waals surface area contributed by atoms with Gasteiger partial charge in [0, 0.05) is 11.1 Å². The number of hydrogen-bond acceptors (Lipinski definition) is 6. The molecule has 0 amide bonds. The van der Waals surface area contributed by atoms with Crippen molar-refractivity contribution in [2.24, 2.45) is 0 Å². The van der Waals surface area contributed by atoms with Crippen molar-refractivity contribution < 1.29 is 38.5 Å². The molecule has 1 aliphatic rings. The van der Waals surface area contributed by atoms with Gasteiger partial charge in [-0.15, -0.1) is 0 Å². The number of phenols is 1. The van der Waals surface area contributed by atoms with Gasteiger partial charge in [0.15, 0.2) is 0 Å². The normalized spacial score (nSPS) is 14.3. The van der Waals surface area contributed by atoms with Crippen LogP contribution >= 0.6 is 7.60 Å². The maximum Gasteiger partial charge on any atom is 0.350 e. The van der Waals surface area contributed by atoms with Gasteiger partial charge in [-0.25, -0.2) is 4.79 Å². The minimum Gasteiger partial charge on any atom is -0.507 e. The van der Waals surface area contributed by atoms with Gasteiger partial charge in [-0.1, -0.05) is 11.6 Å². The zero-order valence-corrected chi connectivity index (χ0v) is 15.8. The van der Waals surface area contributed by atoms with E-state index in [1.54, 1.807) is 13.0 Å². The standard InChI is InChI=1S/C17H23O8P/c1-4-24-16-11(3)13-8-25-17(19)14(13)15(18)12(16)6-5-10(2)7-23-9-26(20,21)22/h5,18H,4,6-9H2,1-3H3,(H2,20,21,22). The van der Waals surface area contributed by atoms with E-state index in [9.17, 15) is 14.5 Å². The van der Waals surface area contributed by atoms with Crippen molar-refractivity contribution in [1.29, 1.82) is 0 Å². The molecule has 2 rings (SSSR count). The topological polar surface area (TPSA) is 123 Å². The molecule has 9 heteroatoms. The Kier molecular flexibility index (Phi) is 6.47. The molecule has 0 saturated carbocycles. The Morgan fingerprint density at radius 1 is 1.38 bits per heavy atom. The minimum atomic E-state index is -4.21. The molecule has 0 aromatic heterocycles. The number of fused-ring (bicyclic) bond motifs is 1. The van der Waals surface area contributed by atoms with E-state index in [1.165, 1.54) is 0 Å². The summed E-state index contributed by atoms with van der Waals surface area (Å²) in [5.41, 5.74) is 2.75. The van der Waals surface area contributed by atoms with Crippen LogP contribution in [-0.2, 0) is 27.1 Å². The van der Waals surface area contributed by atoms with Gasteiger partial charge in [0.05, 0.1) is 13.2 Å². The summed E-state index contributed by atoms with van der Waals surface area (Å²) >= 11 is 0. The molecule has 26 heavy (non-hydrogen) atoms. The Morgan fingerprint density at radius 3 is 2.69 bits per heavy atom. The third-order valence-electron chi connectivity index (χ3n) is 3.98. The smallest absolute Gasteiger partial charge is 0.350 e. The molecule has 0 unspecified atom stereocenters. The average Bonchev–Trinajstić information content (AvgIpc) is 2.93. The van der Waals surface area contributed by atoms with Crippen molar-refractivity contribution in [3.8, 4) is 11.5 Å². The van der Waals surface area contributed by atoms with Crippen LogP contribution in [0.25, 0.3) is 0 Å². The first-order valence-electron chi connectivity index (χ1n) is 8.10. The number of benzene rings is 1. The monoisotopic (exact) mass is 386 g/mol. The zero-order chi connectivity index (χ0) is 19.5. The molecule has 1 heterocycles. The fourth-order valence-electron chi connectivity index (χ4n) is 2.75. The lowest BCUT2D eigenvalue weighted by Crippen LogP contribution is -2.05. The molecule has 8 nitrogen and oxygen atoms in total. The van der Waals surface area contributed by atoms with Crippen LogP contribution in [0.4, 0.5) is 0 Å². The van der Waals surface area contributed by atoms with Crippen LogP contribution in [0, 0.1) is 6.92 Å². The fraction of sp³-hybridized carbons (Fsp3) is 0.471. The summed E-state index contributed by atoms with van der Waals surface area (Å²) in [6.45, 7) is 5.93. The van der Waals surface area contributed by atoms with Crippen LogP contribution < -0.4 is 4.74 Å². The lowest BCUT2D eigenvalue weighted by molar-refractivity contribution is 0.0533. The van der Waals surface area contributed by atoms with Gasteiger partial charge in [-0.3, -0.25) is 4.57 Å². The second-order valence-corrected chi connectivity index (χ2v) is 7.63. The molecule has 0 saturated heterocycles. The number of esters is 1. The van der Waals surface area contributed by atoms with E-state index in [0.717, 1.165) is 11.1 Å². The molecule has 0 bridgehead atoms. The molecule has 1 aromatic carbocycles. The highest BCUT2D eigenvalue weighted by Gasteiger charge is 2.32. The quantitative estimate of drug-likeness (QED) is 0.354. The number of phenolic OH excluding ortho intramolecular Hbond substituents is 1. The van der Waals surface area contributed by atoms with Crippen LogP contribution in [0.2, 0.25) is 0 Å². The lowest BCUT2D eigenvalue weighted by Gasteiger charge is -2.17. The Hall–Kier alpha value is -1.86. The van der Waals surface area contributed by atoms with Crippen molar-refractivity contribution in [1.82, 2.24) is 0 Å². The second-order valence-electron chi connectivity index (χ2n) is 6.04. The number of cyclic esters (lactones) is 1. The molecule has 1 aromatic rings. The number of carbonyl (C=O) groups excluding carboxylic acids is 1. The van der Waals surface area contributed by atoms with E-state index < -0.39 is 19.9 Å². The number of ether oxygens (including phenoxy) is 3. The molecule has 0 aliphatic carbocycles. The van der Waals surface area contributed by atoms with Gasteiger partial charge >= 0.3 is 13.6 Å². The number of allylic oxidation sites excluding steroid dienone is 1. The molecule has 0 atom stereocenters. The lowest BCUT2D eigenvalue weighted by atomic mass is 9.95. The Labute approximate surface area is 151 Å². The zero-order valence-electron chi connectivity index (χ0n) is 14.9. The molecular formula is C17H23O8P. The summed E-state index contributed by atoms with van der Waals surface area (Å²) in [5, 5.41) is 10.6. The van der Waals surface area contributed by atoms with Gasteiger partial charge in [0.2, 0.25) is 0 Å². The second kappa shape index (κ2) is 8.22. The maximum absolute atomic E-state index is 11.9. The summed E-state index contributed by atoms with van der Waals surface area (Å²) in [6.07, 6.45) is 1.37. The van der Waals surface area contributed by atoms with Crippen LogP contribution in [-0.4, -0.2) is 40.4 Å². The predicted molar refractivity (Wildman–Crippen MR) is 93.5 cm³/mol. The van der Waals surface area contributed by atoms with Crippen LogP contribution in [0.3, 0.4) is 0 Å². The number of hydrogen-bond donors (Lipinski definition) is 3. The van der Waals surface area contributed by atoms with Crippen LogP contribution in [0.5, 0.6) is 11.5 Å². The van der Waals surface area contributed by atoms with Gasteiger partial charge in [-0.05, 0) is 32.8 Å². The van der Waals surface area contributed by atoms with E-state index in [1.807, 2.05) is 13.8 Å². The van der Waals surface area contributed by atoms with Crippen LogP contribution in [0.1, 0.15) is 40.9 Å². The summed E-state index contributed by atoms with van der Waals surface area (Å²) in [5.74, 6) is -0.199. The van der Waals surface area contributed by atoms with E-state index >= 15 is 0 Å². The van der Waals surface area contributed by atoms with Crippen molar-refractivity contribution in [3.05, 3.63) is 33.9 Å².